The lowest BCUT2D eigenvalue weighted by atomic mass is 9.92. The molecule has 25 heavy (non-hydrogen) atoms. The zero-order valence-electron chi connectivity index (χ0n) is 14.4. The molecule has 0 aliphatic carbocycles. The highest BCUT2D eigenvalue weighted by Gasteiger charge is 2.37. The number of carbonyl (C=O) groups is 2. The highest BCUT2D eigenvalue weighted by atomic mass is 19.1. The first-order valence-corrected chi connectivity index (χ1v) is 8.11. The van der Waals surface area contributed by atoms with E-state index in [1.54, 1.807) is 12.1 Å². The van der Waals surface area contributed by atoms with Crippen LogP contribution in [-0.4, -0.2) is 23.0 Å². The highest BCUT2D eigenvalue weighted by molar-refractivity contribution is 6.07. The Morgan fingerprint density at radius 3 is 2.76 bits per heavy atom. The van der Waals surface area contributed by atoms with Gasteiger partial charge in [0.05, 0.1) is 5.69 Å². The molecule has 2 heterocycles. The minimum atomic E-state index is -0.711. The van der Waals surface area contributed by atoms with E-state index in [1.165, 1.54) is 23.1 Å². The van der Waals surface area contributed by atoms with Crippen LogP contribution in [0.15, 0.2) is 34.9 Å². The van der Waals surface area contributed by atoms with E-state index in [0.717, 1.165) is 0 Å². The minimum absolute atomic E-state index is 0.205. The molecule has 0 bridgehead atoms. The molecule has 1 aromatic heterocycles. The van der Waals surface area contributed by atoms with Crippen LogP contribution >= 0.6 is 0 Å². The fourth-order valence-electron chi connectivity index (χ4n) is 2.77. The Labute approximate surface area is 145 Å². The molecule has 1 aliphatic rings. The molecular weight excluding hydrogens is 325 g/mol. The molecular formula is C18H20FN3O3. The van der Waals surface area contributed by atoms with Gasteiger partial charge in [0.2, 0.25) is 17.7 Å². The van der Waals surface area contributed by atoms with Gasteiger partial charge in [0.1, 0.15) is 11.9 Å². The van der Waals surface area contributed by atoms with E-state index in [1.807, 2.05) is 20.8 Å². The normalized spacial score (nSPS) is 17.8. The van der Waals surface area contributed by atoms with E-state index in [0.29, 0.717) is 17.8 Å². The Hall–Kier alpha value is -2.70. The number of hydrogen-bond acceptors (Lipinski definition) is 4. The number of hydrogen-bond donors (Lipinski definition) is 1. The van der Waals surface area contributed by atoms with Gasteiger partial charge in [0.25, 0.3) is 0 Å². The number of anilines is 2. The van der Waals surface area contributed by atoms with Gasteiger partial charge in [-0.05, 0) is 24.6 Å². The zero-order chi connectivity index (χ0) is 18.2. The average molecular weight is 345 g/mol. The third-order valence-electron chi connectivity index (χ3n) is 4.13. The molecule has 3 rings (SSSR count). The SMILES string of the molecule is CC(C)(C)c1cc(NC(=O)C2CCC(=O)N2c2cccc(F)c2)on1. The van der Waals surface area contributed by atoms with Crippen molar-refractivity contribution in [2.45, 2.75) is 45.1 Å². The topological polar surface area (TPSA) is 75.4 Å². The molecule has 0 radical (unpaired) electrons. The Balaban J connectivity index is 1.79. The Morgan fingerprint density at radius 1 is 1.36 bits per heavy atom. The van der Waals surface area contributed by atoms with Crippen LogP contribution in [0.4, 0.5) is 16.0 Å². The van der Waals surface area contributed by atoms with Crippen molar-refractivity contribution in [3.8, 4) is 0 Å². The van der Waals surface area contributed by atoms with E-state index in [4.69, 9.17) is 4.52 Å². The van der Waals surface area contributed by atoms with Crippen molar-refractivity contribution >= 4 is 23.4 Å². The van der Waals surface area contributed by atoms with Crippen molar-refractivity contribution in [2.75, 3.05) is 10.2 Å². The number of carbonyl (C=O) groups excluding carboxylic acids is 2. The van der Waals surface area contributed by atoms with E-state index in [2.05, 4.69) is 10.5 Å². The first kappa shape index (κ1) is 17.1. The summed E-state index contributed by atoms with van der Waals surface area (Å²) in [6, 6.07) is 6.62. The molecule has 1 unspecified atom stereocenters. The Bertz CT molecular complexity index is 810. The van der Waals surface area contributed by atoms with Crippen molar-refractivity contribution in [1.82, 2.24) is 5.16 Å². The summed E-state index contributed by atoms with van der Waals surface area (Å²) in [5.74, 6) is -0.819. The lowest BCUT2D eigenvalue weighted by molar-refractivity contribution is -0.120. The maximum absolute atomic E-state index is 13.5. The van der Waals surface area contributed by atoms with Crippen molar-refractivity contribution in [2.24, 2.45) is 0 Å². The van der Waals surface area contributed by atoms with Crippen molar-refractivity contribution in [3.05, 3.63) is 41.8 Å². The fraction of sp³-hybridized carbons (Fsp3) is 0.389. The molecule has 1 fully saturated rings. The molecule has 1 N–H and O–H groups in total. The van der Waals surface area contributed by atoms with Crippen LogP contribution in [-0.2, 0) is 15.0 Å². The first-order valence-electron chi connectivity index (χ1n) is 8.11. The second kappa shape index (κ2) is 6.31. The second-order valence-corrected chi connectivity index (χ2v) is 7.11. The van der Waals surface area contributed by atoms with Gasteiger partial charge in [-0.25, -0.2) is 4.39 Å². The van der Waals surface area contributed by atoms with Gasteiger partial charge in [-0.3, -0.25) is 19.8 Å². The summed E-state index contributed by atoms with van der Waals surface area (Å²) in [5, 5.41) is 6.61. The summed E-state index contributed by atoms with van der Waals surface area (Å²) in [4.78, 5) is 26.1. The van der Waals surface area contributed by atoms with Crippen LogP contribution in [0.5, 0.6) is 0 Å². The van der Waals surface area contributed by atoms with E-state index in [-0.39, 0.29) is 29.5 Å². The molecule has 2 aromatic rings. The maximum atomic E-state index is 13.5. The van der Waals surface area contributed by atoms with Gasteiger partial charge >= 0.3 is 0 Å². The molecule has 1 atom stereocenters. The quantitative estimate of drug-likeness (QED) is 0.926. The molecule has 7 heteroatoms. The standard InChI is InChI=1S/C18H20FN3O3/c1-18(2,3)14-10-15(25-21-14)20-17(24)13-7-8-16(23)22(13)12-6-4-5-11(19)9-12/h4-6,9-10,13H,7-8H2,1-3H3,(H,20,24). The third kappa shape index (κ3) is 3.55. The minimum Gasteiger partial charge on any atom is -0.338 e. The number of nitrogens with zero attached hydrogens (tertiary/aromatic N) is 2. The van der Waals surface area contributed by atoms with Crippen LogP contribution in [0.3, 0.4) is 0 Å². The largest absolute Gasteiger partial charge is 0.338 e. The van der Waals surface area contributed by atoms with Crippen LogP contribution in [0.2, 0.25) is 0 Å². The van der Waals surface area contributed by atoms with Crippen molar-refractivity contribution in [1.29, 1.82) is 0 Å². The highest BCUT2D eigenvalue weighted by Crippen LogP contribution is 2.29. The molecule has 2 amide bonds. The lowest BCUT2D eigenvalue weighted by Gasteiger charge is -2.23. The van der Waals surface area contributed by atoms with Gasteiger partial charge in [-0.1, -0.05) is 32.0 Å². The van der Waals surface area contributed by atoms with Gasteiger partial charge in [0, 0.05) is 23.6 Å². The van der Waals surface area contributed by atoms with Crippen LogP contribution in [0.1, 0.15) is 39.3 Å². The monoisotopic (exact) mass is 345 g/mol. The van der Waals surface area contributed by atoms with Gasteiger partial charge in [0.15, 0.2) is 0 Å². The first-order chi connectivity index (χ1) is 11.8. The summed E-state index contributed by atoms with van der Waals surface area (Å²) in [5.41, 5.74) is 0.881. The maximum Gasteiger partial charge on any atom is 0.249 e. The Kier molecular flexibility index (Phi) is 4.32. The summed E-state index contributed by atoms with van der Waals surface area (Å²) in [6.45, 7) is 5.95. The predicted molar refractivity (Wildman–Crippen MR) is 90.7 cm³/mol. The summed E-state index contributed by atoms with van der Waals surface area (Å²) in [7, 11) is 0. The average Bonchev–Trinajstić information content (AvgIpc) is 3.13. The zero-order valence-corrected chi connectivity index (χ0v) is 14.4. The van der Waals surface area contributed by atoms with Gasteiger partial charge in [-0.15, -0.1) is 0 Å². The molecule has 1 aliphatic heterocycles. The number of rotatable bonds is 3. The molecule has 132 valence electrons. The molecule has 0 spiro atoms. The molecule has 1 saturated heterocycles. The van der Waals surface area contributed by atoms with Crippen LogP contribution in [0.25, 0.3) is 0 Å². The van der Waals surface area contributed by atoms with Gasteiger partial charge in [-0.2, -0.15) is 0 Å². The van der Waals surface area contributed by atoms with E-state index < -0.39 is 11.9 Å². The van der Waals surface area contributed by atoms with E-state index >= 15 is 0 Å². The smallest absolute Gasteiger partial charge is 0.249 e. The fourth-order valence-corrected chi connectivity index (χ4v) is 2.77. The molecule has 1 aromatic carbocycles. The molecule has 6 nitrogen and oxygen atoms in total. The van der Waals surface area contributed by atoms with Crippen molar-refractivity contribution in [3.63, 3.8) is 0 Å². The lowest BCUT2D eigenvalue weighted by Crippen LogP contribution is -2.41. The second-order valence-electron chi connectivity index (χ2n) is 7.11. The number of amides is 2. The number of halogens is 1. The number of aromatic nitrogens is 1. The number of benzene rings is 1. The van der Waals surface area contributed by atoms with Crippen LogP contribution in [0, 0.1) is 5.82 Å². The summed E-state index contributed by atoms with van der Waals surface area (Å²) in [6.07, 6.45) is 0.597. The Morgan fingerprint density at radius 2 is 2.12 bits per heavy atom. The summed E-state index contributed by atoms with van der Waals surface area (Å²) >= 11 is 0. The van der Waals surface area contributed by atoms with Crippen LogP contribution < -0.4 is 10.2 Å². The van der Waals surface area contributed by atoms with E-state index in [9.17, 15) is 14.0 Å². The molecule has 0 saturated carbocycles. The summed E-state index contributed by atoms with van der Waals surface area (Å²) < 4.78 is 18.6. The van der Waals surface area contributed by atoms with Gasteiger partial charge < -0.3 is 4.52 Å². The van der Waals surface area contributed by atoms with Crippen molar-refractivity contribution < 1.29 is 18.5 Å². The number of nitrogens with one attached hydrogen (secondary N) is 1. The predicted octanol–water partition coefficient (Wildman–Crippen LogP) is 3.25. The third-order valence-corrected chi connectivity index (χ3v) is 4.13.